The molecule has 384 valence electrons. The lowest BCUT2D eigenvalue weighted by Crippen LogP contribution is -2.61. The third kappa shape index (κ3) is 6.52. The first-order valence-corrected chi connectivity index (χ1v) is 29.9. The summed E-state index contributed by atoms with van der Waals surface area (Å²) >= 11 is 2.11. The van der Waals surface area contributed by atoms with Gasteiger partial charge in [-0.2, -0.15) is 0 Å². The number of benzene rings is 6. The number of hydrogen-bond acceptors (Lipinski definition) is 4. The van der Waals surface area contributed by atoms with Crippen molar-refractivity contribution in [1.82, 2.24) is 0 Å². The van der Waals surface area contributed by atoms with Gasteiger partial charge in [0.05, 0.1) is 11.2 Å². The number of para-hydroxylation sites is 1. The quantitative estimate of drug-likeness (QED) is 0.163. The molecule has 1 aromatic heterocycles. The van der Waals surface area contributed by atoms with Gasteiger partial charge in [-0.25, -0.2) is 0 Å². The van der Waals surface area contributed by atoms with Gasteiger partial charge in [0.2, 0.25) is 0 Å². The Balaban J connectivity index is 1.14. The highest BCUT2D eigenvalue weighted by molar-refractivity contribution is 7.33. The van der Waals surface area contributed by atoms with E-state index < -0.39 is 0 Å². The largest absolute Gasteiger partial charge is 0.334 e. The molecule has 0 saturated heterocycles. The lowest BCUT2D eigenvalue weighted by Gasteiger charge is -2.52. The molecule has 5 aliphatic carbocycles. The van der Waals surface area contributed by atoms with Crippen LogP contribution in [0, 0.1) is 0 Å². The highest BCUT2D eigenvalue weighted by Gasteiger charge is 2.58. The molecule has 0 amide bonds. The second-order valence-corrected chi connectivity index (χ2v) is 30.4. The van der Waals surface area contributed by atoms with Crippen molar-refractivity contribution in [2.75, 3.05) is 14.7 Å². The fraction of sp³-hybridized carbons (Fsp3) is 0.457. The van der Waals surface area contributed by atoms with Crippen molar-refractivity contribution in [3.05, 3.63) is 148 Å². The van der Waals surface area contributed by atoms with E-state index in [1.54, 1.807) is 11.1 Å². The Morgan fingerprint density at radius 3 is 1.60 bits per heavy atom. The highest BCUT2D eigenvalue weighted by Crippen LogP contribution is 2.63. The molecule has 7 aromatic rings. The van der Waals surface area contributed by atoms with Crippen LogP contribution in [0.3, 0.4) is 0 Å². The van der Waals surface area contributed by atoms with E-state index >= 15 is 0 Å². The first-order chi connectivity index (χ1) is 35.4. The molecule has 5 heteroatoms. The molecule has 6 aromatic carbocycles. The molecule has 2 unspecified atom stereocenters. The molecule has 3 aliphatic heterocycles. The molecule has 0 N–H and O–H groups in total. The summed E-state index contributed by atoms with van der Waals surface area (Å²) in [5.41, 5.74) is 24.5. The van der Waals surface area contributed by atoms with E-state index in [9.17, 15) is 0 Å². The lowest BCUT2D eigenvalue weighted by atomic mass is 9.35. The van der Waals surface area contributed by atoms with Crippen molar-refractivity contribution < 1.29 is 0 Å². The summed E-state index contributed by atoms with van der Waals surface area (Å²) in [5.74, 6) is 0. The van der Waals surface area contributed by atoms with Gasteiger partial charge >= 0.3 is 0 Å². The smallest absolute Gasteiger partial charge is 0.264 e. The highest BCUT2D eigenvalue weighted by atomic mass is 32.1. The van der Waals surface area contributed by atoms with E-state index in [1.165, 1.54) is 157 Å². The van der Waals surface area contributed by atoms with Crippen LogP contribution in [0.1, 0.15) is 200 Å². The average molecular weight is 1010 g/mol. The maximum absolute atomic E-state index is 2.85. The Bertz CT molecular complexity index is 3550. The van der Waals surface area contributed by atoms with E-state index in [1.807, 2.05) is 0 Å². The van der Waals surface area contributed by atoms with Gasteiger partial charge in [-0.15, -0.1) is 11.3 Å². The predicted molar refractivity (Wildman–Crippen MR) is 325 cm³/mol. The Kier molecular flexibility index (Phi) is 9.80. The maximum Gasteiger partial charge on any atom is 0.264 e. The normalized spacial score (nSPS) is 26.6. The minimum Gasteiger partial charge on any atom is -0.334 e. The summed E-state index contributed by atoms with van der Waals surface area (Å²) in [5, 5.41) is 1.43. The molecule has 75 heavy (non-hydrogen) atoms. The number of anilines is 8. The van der Waals surface area contributed by atoms with Crippen LogP contribution in [0.25, 0.3) is 10.1 Å². The maximum atomic E-state index is 2.85. The molecule has 2 atom stereocenters. The molecule has 2 bridgehead atoms. The van der Waals surface area contributed by atoms with Crippen LogP contribution in [0.15, 0.2) is 109 Å². The van der Waals surface area contributed by atoms with Gasteiger partial charge in [0.15, 0.2) is 0 Å². The second kappa shape index (κ2) is 15.3. The molecule has 0 radical (unpaired) electrons. The Hall–Kier alpha value is -5.26. The average Bonchev–Trinajstić information content (AvgIpc) is 3.87. The van der Waals surface area contributed by atoms with Crippen LogP contribution in [0.2, 0.25) is 0 Å². The zero-order valence-corrected chi connectivity index (χ0v) is 48.6. The minimum absolute atomic E-state index is 0.0223. The van der Waals surface area contributed by atoms with Gasteiger partial charge in [-0.05, 0) is 201 Å². The predicted octanol–water partition coefficient (Wildman–Crippen LogP) is 17.8. The Labute approximate surface area is 454 Å². The van der Waals surface area contributed by atoms with Gasteiger partial charge < -0.3 is 14.7 Å². The number of thiophene rings is 1. The van der Waals surface area contributed by atoms with Crippen molar-refractivity contribution in [2.45, 2.75) is 205 Å². The SMILES string of the molecule is CC(C)(C)c1ccc(N2c3cc4c(cc3B3c5sc6cc7c(cc6c5N(c5ccc(C(C)(C)C)cc5)c5cc(N6c8ccccc8C8(C)CCCCC68C)cc2c53)C2(C)CCC7(C)CC2)C(C)(C)CCC4(C)C)cc1. The second-order valence-electron chi connectivity index (χ2n) is 29.3. The summed E-state index contributed by atoms with van der Waals surface area (Å²) in [6.07, 6.45) is 12.4. The Morgan fingerprint density at radius 2 is 1.00 bits per heavy atom. The molecule has 3 nitrogen and oxygen atoms in total. The van der Waals surface area contributed by atoms with Crippen LogP contribution in [-0.4, -0.2) is 12.3 Å². The van der Waals surface area contributed by atoms with E-state index in [4.69, 9.17) is 0 Å². The number of hydrogen-bond donors (Lipinski definition) is 0. The topological polar surface area (TPSA) is 9.72 Å². The number of nitrogens with zero attached hydrogens (tertiary/aromatic N) is 3. The molecule has 8 aliphatic rings. The zero-order valence-electron chi connectivity index (χ0n) is 47.8. The van der Waals surface area contributed by atoms with Crippen LogP contribution in [0.5, 0.6) is 0 Å². The fourth-order valence-electron chi connectivity index (χ4n) is 16.5. The fourth-order valence-corrected chi connectivity index (χ4v) is 17.8. The van der Waals surface area contributed by atoms with Gasteiger partial charge in [-0.3, -0.25) is 0 Å². The molecule has 2 saturated carbocycles. The van der Waals surface area contributed by atoms with Crippen LogP contribution < -0.4 is 30.4 Å². The van der Waals surface area contributed by atoms with Crippen LogP contribution in [0.4, 0.5) is 45.5 Å². The Morgan fingerprint density at radius 1 is 0.467 bits per heavy atom. The number of rotatable bonds is 3. The molecule has 15 rings (SSSR count). The number of fused-ring (bicyclic) bond motifs is 12. The van der Waals surface area contributed by atoms with Crippen LogP contribution in [-0.2, 0) is 37.9 Å². The summed E-state index contributed by atoms with van der Waals surface area (Å²) in [6, 6.07) is 45.2. The summed E-state index contributed by atoms with van der Waals surface area (Å²) in [4.78, 5) is 8.36. The van der Waals surface area contributed by atoms with Crippen molar-refractivity contribution in [3.8, 4) is 0 Å². The van der Waals surface area contributed by atoms with Crippen molar-refractivity contribution in [1.29, 1.82) is 0 Å². The molecule has 2 fully saturated rings. The van der Waals surface area contributed by atoms with Gasteiger partial charge in [0.25, 0.3) is 6.71 Å². The molecular weight excluding hydrogens is 926 g/mol. The van der Waals surface area contributed by atoms with Crippen molar-refractivity contribution in [3.63, 3.8) is 0 Å². The molecule has 0 spiro atoms. The van der Waals surface area contributed by atoms with Crippen molar-refractivity contribution in [2.24, 2.45) is 0 Å². The molecular formula is C70H80BN3S. The minimum atomic E-state index is -0.103. The first-order valence-electron chi connectivity index (χ1n) is 29.0. The summed E-state index contributed by atoms with van der Waals surface area (Å²) < 4.78 is 2.94. The van der Waals surface area contributed by atoms with Crippen molar-refractivity contribution >= 4 is 89.3 Å². The van der Waals surface area contributed by atoms with Crippen LogP contribution >= 0.6 is 11.3 Å². The third-order valence-corrected chi connectivity index (χ3v) is 23.0. The van der Waals surface area contributed by atoms with E-state index in [0.717, 1.165) is 6.42 Å². The monoisotopic (exact) mass is 1010 g/mol. The van der Waals surface area contributed by atoms with E-state index in [-0.39, 0.29) is 50.2 Å². The zero-order chi connectivity index (χ0) is 52.4. The van der Waals surface area contributed by atoms with Gasteiger partial charge in [0.1, 0.15) is 0 Å². The summed E-state index contributed by atoms with van der Waals surface area (Å²) in [6.45, 7) is 34.6. The standard InChI is InChI=1S/C70H80BN3S/c1-63(2,3)43-21-25-45(26-22-43)72-56-41-51-50(65(7,8)31-32-66(51,9)10)40-54(56)71-60-57(72)37-47(74-55-20-16-15-19-49(55)69(13)29-17-18-30-70(69,74)14)38-58(60)73(46-27-23-44(24-28-46)64(4,5)6)61-48-39-52-53(42-59(48)75-62(61)71)68(12)35-33-67(52,11)34-36-68/h15-16,19-28,37-42H,17-18,29-36H2,1-14H3. The first kappa shape index (κ1) is 48.1. The third-order valence-electron chi connectivity index (χ3n) is 21.8. The molecule has 4 heterocycles. The van der Waals surface area contributed by atoms with Gasteiger partial charge in [0, 0.05) is 60.1 Å². The van der Waals surface area contributed by atoms with Gasteiger partial charge in [-0.1, -0.05) is 151 Å². The van der Waals surface area contributed by atoms with E-state index in [2.05, 4.69) is 232 Å². The lowest BCUT2D eigenvalue weighted by molar-refractivity contribution is 0.188. The summed E-state index contributed by atoms with van der Waals surface area (Å²) in [7, 11) is 0. The van der Waals surface area contributed by atoms with E-state index in [0.29, 0.717) is 0 Å².